The van der Waals surface area contributed by atoms with Crippen molar-refractivity contribution in [2.45, 2.75) is 6.54 Å². The highest BCUT2D eigenvalue weighted by Gasteiger charge is 2.01. The second-order valence-electron chi connectivity index (χ2n) is 2.95. The predicted molar refractivity (Wildman–Crippen MR) is 65.7 cm³/mol. The highest BCUT2D eigenvalue weighted by atomic mass is 79.9. The van der Waals surface area contributed by atoms with Crippen molar-refractivity contribution < 1.29 is 4.42 Å². The van der Waals surface area contributed by atoms with Crippen molar-refractivity contribution in [3.8, 4) is 0 Å². The minimum Gasteiger partial charge on any atom is -0.457 e. The van der Waals surface area contributed by atoms with Gasteiger partial charge in [0.1, 0.15) is 5.82 Å². The number of hydrogen-bond acceptors (Lipinski definition) is 3. The van der Waals surface area contributed by atoms with Crippen LogP contribution in [-0.2, 0) is 6.54 Å². The van der Waals surface area contributed by atoms with Gasteiger partial charge in [0, 0.05) is 18.3 Å². The summed E-state index contributed by atoms with van der Waals surface area (Å²) in [4.78, 5) is 4.20. The number of hydrogen-bond donors (Lipinski definition) is 1. The third-order valence-electron chi connectivity index (χ3n) is 1.84. The first-order chi connectivity index (χ1) is 7.25. The quantitative estimate of drug-likeness (QED) is 0.929. The van der Waals surface area contributed by atoms with Crippen LogP contribution in [0.3, 0.4) is 0 Å². The SMILES string of the molecule is Brc1cc(CNc2ncccc2Br)co1. The fourth-order valence-electron chi connectivity index (χ4n) is 1.14. The first kappa shape index (κ1) is 10.7. The Hall–Kier alpha value is -0.810. The Labute approximate surface area is 104 Å². The van der Waals surface area contributed by atoms with E-state index in [1.807, 2.05) is 18.2 Å². The fourth-order valence-corrected chi connectivity index (χ4v) is 1.92. The molecule has 3 nitrogen and oxygen atoms in total. The second-order valence-corrected chi connectivity index (χ2v) is 4.58. The molecule has 0 fully saturated rings. The van der Waals surface area contributed by atoms with Crippen LogP contribution in [0.15, 0.2) is 44.2 Å². The molecule has 2 rings (SSSR count). The largest absolute Gasteiger partial charge is 0.457 e. The van der Waals surface area contributed by atoms with Gasteiger partial charge in [0.05, 0.1) is 10.7 Å². The fraction of sp³-hybridized carbons (Fsp3) is 0.100. The number of halogens is 2. The van der Waals surface area contributed by atoms with Gasteiger partial charge in [-0.3, -0.25) is 0 Å². The van der Waals surface area contributed by atoms with Crippen LogP contribution in [0.4, 0.5) is 5.82 Å². The van der Waals surface area contributed by atoms with E-state index in [4.69, 9.17) is 4.42 Å². The minimum atomic E-state index is 0.685. The number of nitrogens with one attached hydrogen (secondary N) is 1. The second kappa shape index (κ2) is 4.81. The van der Waals surface area contributed by atoms with E-state index in [9.17, 15) is 0 Å². The minimum absolute atomic E-state index is 0.685. The lowest BCUT2D eigenvalue weighted by molar-refractivity contribution is 0.539. The standard InChI is InChI=1S/C10H8Br2N2O/c11-8-2-1-3-13-10(8)14-5-7-4-9(12)15-6-7/h1-4,6H,5H2,(H,13,14). The first-order valence-electron chi connectivity index (χ1n) is 4.33. The summed E-state index contributed by atoms with van der Waals surface area (Å²) in [6, 6.07) is 5.74. The summed E-state index contributed by atoms with van der Waals surface area (Å²) in [5, 5.41) is 3.20. The molecule has 78 valence electrons. The number of pyridine rings is 1. The molecule has 0 aromatic carbocycles. The van der Waals surface area contributed by atoms with Gasteiger partial charge in [0.25, 0.3) is 0 Å². The van der Waals surface area contributed by atoms with E-state index in [1.54, 1.807) is 12.5 Å². The van der Waals surface area contributed by atoms with Gasteiger partial charge < -0.3 is 9.73 Å². The molecule has 2 aromatic rings. The molecule has 0 saturated carbocycles. The zero-order chi connectivity index (χ0) is 10.7. The molecule has 0 amide bonds. The molecule has 0 radical (unpaired) electrons. The molecule has 0 aliphatic rings. The Kier molecular flexibility index (Phi) is 3.43. The third kappa shape index (κ3) is 2.82. The number of rotatable bonds is 3. The molecule has 15 heavy (non-hydrogen) atoms. The van der Waals surface area contributed by atoms with Crippen LogP contribution in [0, 0.1) is 0 Å². The van der Waals surface area contributed by atoms with Crippen molar-refractivity contribution in [3.05, 3.63) is 45.4 Å². The van der Waals surface area contributed by atoms with Crippen LogP contribution in [0.25, 0.3) is 0 Å². The van der Waals surface area contributed by atoms with E-state index in [1.165, 1.54) is 0 Å². The van der Waals surface area contributed by atoms with E-state index >= 15 is 0 Å². The lowest BCUT2D eigenvalue weighted by Gasteiger charge is -2.04. The van der Waals surface area contributed by atoms with Crippen molar-refractivity contribution in [3.63, 3.8) is 0 Å². The van der Waals surface area contributed by atoms with Crippen LogP contribution < -0.4 is 5.32 Å². The molecule has 2 aromatic heterocycles. The van der Waals surface area contributed by atoms with Crippen molar-refractivity contribution in [1.82, 2.24) is 4.98 Å². The number of anilines is 1. The summed E-state index contributed by atoms with van der Waals surface area (Å²) in [5.74, 6) is 0.829. The maximum absolute atomic E-state index is 5.13. The number of furan rings is 1. The van der Waals surface area contributed by atoms with Gasteiger partial charge in [-0.2, -0.15) is 0 Å². The zero-order valence-electron chi connectivity index (χ0n) is 7.71. The van der Waals surface area contributed by atoms with Crippen LogP contribution in [0.2, 0.25) is 0 Å². The Morgan fingerprint density at radius 3 is 2.93 bits per heavy atom. The lowest BCUT2D eigenvalue weighted by Crippen LogP contribution is -2.00. The van der Waals surface area contributed by atoms with E-state index in [-0.39, 0.29) is 0 Å². The molecule has 0 unspecified atom stereocenters. The first-order valence-corrected chi connectivity index (χ1v) is 5.91. The summed E-state index contributed by atoms with van der Waals surface area (Å²) >= 11 is 6.67. The molecule has 2 heterocycles. The van der Waals surface area contributed by atoms with Gasteiger partial charge in [0.2, 0.25) is 0 Å². The molecule has 0 spiro atoms. The Morgan fingerprint density at radius 2 is 2.27 bits per heavy atom. The molecule has 1 N–H and O–H groups in total. The third-order valence-corrected chi connectivity index (χ3v) is 2.90. The summed E-state index contributed by atoms with van der Waals surface area (Å²) in [6.45, 7) is 0.685. The van der Waals surface area contributed by atoms with Crippen LogP contribution in [0.1, 0.15) is 5.56 Å². The van der Waals surface area contributed by atoms with Gasteiger partial charge in [-0.1, -0.05) is 0 Å². The molecule has 0 atom stereocenters. The van der Waals surface area contributed by atoms with Crippen LogP contribution in [0.5, 0.6) is 0 Å². The predicted octanol–water partition coefficient (Wildman–Crippen LogP) is 3.81. The summed E-state index contributed by atoms with van der Waals surface area (Å²) in [6.07, 6.45) is 3.45. The Bertz CT molecular complexity index is 456. The van der Waals surface area contributed by atoms with Gasteiger partial charge in [-0.25, -0.2) is 4.98 Å². The lowest BCUT2D eigenvalue weighted by atomic mass is 10.3. The topological polar surface area (TPSA) is 38.1 Å². The molecular formula is C10H8Br2N2O. The van der Waals surface area contributed by atoms with Crippen molar-refractivity contribution >= 4 is 37.7 Å². The van der Waals surface area contributed by atoms with Crippen molar-refractivity contribution in [2.75, 3.05) is 5.32 Å². The normalized spacial score (nSPS) is 10.3. The summed E-state index contributed by atoms with van der Waals surface area (Å²) in [5.41, 5.74) is 1.07. The van der Waals surface area contributed by atoms with E-state index in [2.05, 4.69) is 42.2 Å². The monoisotopic (exact) mass is 330 g/mol. The van der Waals surface area contributed by atoms with E-state index < -0.39 is 0 Å². The Morgan fingerprint density at radius 1 is 1.40 bits per heavy atom. The van der Waals surface area contributed by atoms with Crippen LogP contribution in [-0.4, -0.2) is 4.98 Å². The van der Waals surface area contributed by atoms with Gasteiger partial charge >= 0.3 is 0 Å². The maximum atomic E-state index is 5.13. The molecule has 0 aliphatic heterocycles. The average Bonchev–Trinajstić information content (AvgIpc) is 2.63. The van der Waals surface area contributed by atoms with Crippen LogP contribution >= 0.6 is 31.9 Å². The molecule has 5 heteroatoms. The van der Waals surface area contributed by atoms with Crippen molar-refractivity contribution in [2.24, 2.45) is 0 Å². The zero-order valence-corrected chi connectivity index (χ0v) is 10.9. The van der Waals surface area contributed by atoms with Gasteiger partial charge in [0.15, 0.2) is 4.67 Å². The number of nitrogens with zero attached hydrogens (tertiary/aromatic N) is 1. The van der Waals surface area contributed by atoms with Crippen molar-refractivity contribution in [1.29, 1.82) is 0 Å². The van der Waals surface area contributed by atoms with Gasteiger partial charge in [-0.15, -0.1) is 0 Å². The van der Waals surface area contributed by atoms with Gasteiger partial charge in [-0.05, 0) is 50.1 Å². The smallest absolute Gasteiger partial charge is 0.169 e. The van der Waals surface area contributed by atoms with E-state index in [0.29, 0.717) is 6.54 Å². The summed E-state index contributed by atoms with van der Waals surface area (Å²) in [7, 11) is 0. The van der Waals surface area contributed by atoms with E-state index in [0.717, 1.165) is 20.5 Å². The molecule has 0 aliphatic carbocycles. The highest BCUT2D eigenvalue weighted by molar-refractivity contribution is 9.10. The number of aromatic nitrogens is 1. The highest BCUT2D eigenvalue weighted by Crippen LogP contribution is 2.20. The maximum Gasteiger partial charge on any atom is 0.169 e. The molecule has 0 bridgehead atoms. The Balaban J connectivity index is 2.02. The summed E-state index contributed by atoms with van der Waals surface area (Å²) < 4.78 is 6.81. The average molecular weight is 332 g/mol. The molecule has 0 saturated heterocycles. The molecular weight excluding hydrogens is 324 g/mol.